The third-order valence-electron chi connectivity index (χ3n) is 3.53. The van der Waals surface area contributed by atoms with E-state index in [9.17, 15) is 8.42 Å². The van der Waals surface area contributed by atoms with Crippen LogP contribution in [0.25, 0.3) is 0 Å². The van der Waals surface area contributed by atoms with Crippen molar-refractivity contribution in [3.63, 3.8) is 0 Å². The van der Waals surface area contributed by atoms with Crippen LogP contribution >= 0.6 is 0 Å². The van der Waals surface area contributed by atoms with Gasteiger partial charge in [-0.25, -0.2) is 13.1 Å². The maximum absolute atomic E-state index is 11.5. The van der Waals surface area contributed by atoms with Crippen LogP contribution in [0.3, 0.4) is 0 Å². The number of rotatable bonds is 4. The molecule has 1 atom stereocenters. The molecule has 5 nitrogen and oxygen atoms in total. The fourth-order valence-electron chi connectivity index (χ4n) is 2.60. The Kier molecular flexibility index (Phi) is 3.66. The number of aryl methyl sites for hydroxylation is 1. The summed E-state index contributed by atoms with van der Waals surface area (Å²) in [7, 11) is -2.90. The van der Waals surface area contributed by atoms with Gasteiger partial charge in [-0.2, -0.15) is 5.10 Å². The first-order chi connectivity index (χ1) is 8.48. The molecule has 1 aromatic rings. The third kappa shape index (κ3) is 2.39. The highest BCUT2D eigenvalue weighted by Gasteiger charge is 2.31. The van der Waals surface area contributed by atoms with E-state index in [1.54, 1.807) is 4.68 Å². The van der Waals surface area contributed by atoms with E-state index in [0.29, 0.717) is 12.2 Å². The van der Waals surface area contributed by atoms with Crippen LogP contribution in [-0.2, 0) is 22.7 Å². The Morgan fingerprint density at radius 2 is 2.17 bits per heavy atom. The Hall–Kier alpha value is -1.04. The SMILES string of the molecule is CCCc1nn(C2CCS(=O)(=O)C2)c(N)c1CC. The highest BCUT2D eigenvalue weighted by molar-refractivity contribution is 7.91. The van der Waals surface area contributed by atoms with Crippen molar-refractivity contribution in [2.75, 3.05) is 17.2 Å². The molecule has 0 spiro atoms. The van der Waals surface area contributed by atoms with Gasteiger partial charge in [0.25, 0.3) is 0 Å². The second kappa shape index (κ2) is 4.91. The highest BCUT2D eigenvalue weighted by atomic mass is 32.2. The van der Waals surface area contributed by atoms with Crippen LogP contribution in [0.4, 0.5) is 5.82 Å². The lowest BCUT2D eigenvalue weighted by Crippen LogP contribution is -2.15. The van der Waals surface area contributed by atoms with E-state index in [1.807, 2.05) is 0 Å². The Labute approximate surface area is 108 Å². The number of nitrogens with zero attached hydrogens (tertiary/aromatic N) is 2. The minimum absolute atomic E-state index is 0.0779. The normalized spacial score (nSPS) is 22.4. The fourth-order valence-corrected chi connectivity index (χ4v) is 4.29. The van der Waals surface area contributed by atoms with E-state index in [2.05, 4.69) is 18.9 Å². The highest BCUT2D eigenvalue weighted by Crippen LogP contribution is 2.29. The molecule has 0 amide bonds. The van der Waals surface area contributed by atoms with Crippen LogP contribution in [0.5, 0.6) is 0 Å². The van der Waals surface area contributed by atoms with Gasteiger partial charge in [0.05, 0.1) is 23.2 Å². The van der Waals surface area contributed by atoms with Gasteiger partial charge in [0.15, 0.2) is 9.84 Å². The molecule has 2 heterocycles. The summed E-state index contributed by atoms with van der Waals surface area (Å²) in [4.78, 5) is 0. The molecule has 0 saturated carbocycles. The largest absolute Gasteiger partial charge is 0.384 e. The molecule has 102 valence electrons. The van der Waals surface area contributed by atoms with E-state index >= 15 is 0 Å². The first-order valence-electron chi connectivity index (χ1n) is 6.54. The molecule has 0 radical (unpaired) electrons. The molecule has 0 aromatic carbocycles. The minimum Gasteiger partial charge on any atom is -0.384 e. The van der Waals surface area contributed by atoms with Crippen LogP contribution in [0.2, 0.25) is 0 Å². The summed E-state index contributed by atoms with van der Waals surface area (Å²) >= 11 is 0. The molecule has 2 rings (SSSR count). The van der Waals surface area contributed by atoms with Gasteiger partial charge in [-0.3, -0.25) is 0 Å². The number of nitrogens with two attached hydrogens (primary N) is 1. The lowest BCUT2D eigenvalue weighted by Gasteiger charge is -2.10. The van der Waals surface area contributed by atoms with Gasteiger partial charge in [0, 0.05) is 5.56 Å². The molecule has 1 aliphatic rings. The summed E-state index contributed by atoms with van der Waals surface area (Å²) in [6, 6.07) is -0.0779. The van der Waals surface area contributed by atoms with E-state index in [4.69, 9.17) is 5.73 Å². The van der Waals surface area contributed by atoms with Crippen LogP contribution in [0, 0.1) is 0 Å². The quantitative estimate of drug-likeness (QED) is 0.896. The smallest absolute Gasteiger partial charge is 0.152 e. The molecule has 1 aromatic heterocycles. The third-order valence-corrected chi connectivity index (χ3v) is 5.28. The monoisotopic (exact) mass is 271 g/mol. The van der Waals surface area contributed by atoms with Crippen molar-refractivity contribution in [2.45, 2.75) is 45.6 Å². The van der Waals surface area contributed by atoms with Gasteiger partial charge in [0.1, 0.15) is 5.82 Å². The van der Waals surface area contributed by atoms with Crippen molar-refractivity contribution < 1.29 is 8.42 Å². The molecule has 1 aliphatic heterocycles. The first kappa shape index (κ1) is 13.4. The molecule has 18 heavy (non-hydrogen) atoms. The van der Waals surface area contributed by atoms with E-state index in [-0.39, 0.29) is 17.5 Å². The molecule has 1 fully saturated rings. The van der Waals surface area contributed by atoms with Crippen molar-refractivity contribution >= 4 is 15.7 Å². The summed E-state index contributed by atoms with van der Waals surface area (Å²) in [5, 5.41) is 4.55. The van der Waals surface area contributed by atoms with Gasteiger partial charge >= 0.3 is 0 Å². The topological polar surface area (TPSA) is 78.0 Å². The molecule has 6 heteroatoms. The maximum Gasteiger partial charge on any atom is 0.152 e. The van der Waals surface area contributed by atoms with Crippen LogP contribution in [-0.4, -0.2) is 29.7 Å². The Morgan fingerprint density at radius 3 is 2.67 bits per heavy atom. The molecular formula is C12H21N3O2S. The van der Waals surface area contributed by atoms with Crippen LogP contribution in [0.1, 0.15) is 44.0 Å². The number of aromatic nitrogens is 2. The zero-order chi connectivity index (χ0) is 13.3. The summed E-state index contributed by atoms with van der Waals surface area (Å²) in [6.45, 7) is 4.16. The van der Waals surface area contributed by atoms with Crippen LogP contribution in [0.15, 0.2) is 0 Å². The van der Waals surface area contributed by atoms with Crippen molar-refractivity contribution in [3.8, 4) is 0 Å². The summed E-state index contributed by atoms with van der Waals surface area (Å²) < 4.78 is 24.8. The van der Waals surface area contributed by atoms with Gasteiger partial charge in [-0.05, 0) is 19.3 Å². The van der Waals surface area contributed by atoms with E-state index in [1.165, 1.54) is 0 Å². The van der Waals surface area contributed by atoms with Gasteiger partial charge in [0.2, 0.25) is 0 Å². The van der Waals surface area contributed by atoms with Crippen LogP contribution < -0.4 is 5.73 Å². The molecule has 0 aliphatic carbocycles. The fraction of sp³-hybridized carbons (Fsp3) is 0.750. The summed E-state index contributed by atoms with van der Waals surface area (Å²) in [5.41, 5.74) is 8.23. The van der Waals surface area contributed by atoms with Gasteiger partial charge in [-0.1, -0.05) is 20.3 Å². The maximum atomic E-state index is 11.5. The average molecular weight is 271 g/mol. The number of anilines is 1. The summed E-state index contributed by atoms with van der Waals surface area (Å²) in [5.74, 6) is 1.08. The second-order valence-corrected chi connectivity index (χ2v) is 7.14. The Balaban J connectivity index is 2.34. The molecule has 2 N–H and O–H groups in total. The van der Waals surface area contributed by atoms with Crippen molar-refractivity contribution in [1.29, 1.82) is 0 Å². The number of nitrogen functional groups attached to an aromatic ring is 1. The summed E-state index contributed by atoms with van der Waals surface area (Å²) in [6.07, 6.45) is 3.40. The average Bonchev–Trinajstić information content (AvgIpc) is 2.80. The molecule has 1 saturated heterocycles. The Bertz CT molecular complexity index is 534. The number of hydrogen-bond donors (Lipinski definition) is 1. The van der Waals surface area contributed by atoms with Gasteiger partial charge in [-0.15, -0.1) is 0 Å². The van der Waals surface area contributed by atoms with Crippen molar-refractivity contribution in [3.05, 3.63) is 11.3 Å². The lowest BCUT2D eigenvalue weighted by atomic mass is 10.1. The molecule has 0 bridgehead atoms. The van der Waals surface area contributed by atoms with Crippen molar-refractivity contribution in [1.82, 2.24) is 9.78 Å². The van der Waals surface area contributed by atoms with Crippen molar-refractivity contribution in [2.24, 2.45) is 0 Å². The first-order valence-corrected chi connectivity index (χ1v) is 8.36. The molecular weight excluding hydrogens is 250 g/mol. The standard InChI is InChI=1S/C12H21N3O2S/c1-3-5-11-10(4-2)12(13)15(14-11)9-6-7-18(16,17)8-9/h9H,3-8,13H2,1-2H3. The predicted molar refractivity (Wildman–Crippen MR) is 72.3 cm³/mol. The zero-order valence-corrected chi connectivity index (χ0v) is 11.8. The second-order valence-electron chi connectivity index (χ2n) is 4.92. The predicted octanol–water partition coefficient (Wildman–Crippen LogP) is 1.34. The van der Waals surface area contributed by atoms with E-state index in [0.717, 1.165) is 30.5 Å². The zero-order valence-electron chi connectivity index (χ0n) is 11.0. The molecule has 1 unspecified atom stereocenters. The van der Waals surface area contributed by atoms with Gasteiger partial charge < -0.3 is 5.73 Å². The lowest BCUT2D eigenvalue weighted by molar-refractivity contribution is 0.501. The number of sulfone groups is 1. The minimum atomic E-state index is -2.90. The van der Waals surface area contributed by atoms with E-state index < -0.39 is 9.84 Å². The number of hydrogen-bond acceptors (Lipinski definition) is 4. The Morgan fingerprint density at radius 1 is 1.44 bits per heavy atom.